The maximum Gasteiger partial charge on any atom is 0.409 e. The number of alkyl carbamates (subject to hydrolysis) is 1. The van der Waals surface area contributed by atoms with Gasteiger partial charge in [0.15, 0.2) is 5.92 Å². The molecular weight excluding hydrogens is 614 g/mol. The highest BCUT2D eigenvalue weighted by molar-refractivity contribution is 6.99. The first-order valence-corrected chi connectivity index (χ1v) is 18.2. The third-order valence-corrected chi connectivity index (χ3v) is 12.9. The van der Waals surface area contributed by atoms with Crippen LogP contribution < -0.4 is 15.7 Å². The van der Waals surface area contributed by atoms with Crippen molar-refractivity contribution in [1.29, 1.82) is 0 Å². The fourth-order valence-electron chi connectivity index (χ4n) is 5.85. The van der Waals surface area contributed by atoms with E-state index in [2.05, 4.69) is 50.4 Å². The van der Waals surface area contributed by atoms with Crippen LogP contribution in [-0.4, -0.2) is 59.0 Å². The summed E-state index contributed by atoms with van der Waals surface area (Å²) < 4.78 is 29.3. The number of hydrogen-bond acceptors (Lipinski definition) is 8. The quantitative estimate of drug-likeness (QED) is 0.0654. The highest BCUT2D eigenvalue weighted by Gasteiger charge is 2.51. The van der Waals surface area contributed by atoms with Gasteiger partial charge in [-0.2, -0.15) is 0 Å². The van der Waals surface area contributed by atoms with Crippen LogP contribution in [0, 0.1) is 11.8 Å². The van der Waals surface area contributed by atoms with Gasteiger partial charge < -0.3 is 23.4 Å². The van der Waals surface area contributed by atoms with Gasteiger partial charge in [-0.1, -0.05) is 112 Å². The van der Waals surface area contributed by atoms with Crippen LogP contribution in [0.3, 0.4) is 0 Å². The SMILES string of the molecule is CCOC(=O)C(C(=O)OCC)C(CCO[Si](c1ccccc1)(c1ccccc1)C(C)(C)C)C(NC(=O)OCc1ccccc1)OCC. The molecule has 1 N–H and O–H groups in total. The summed E-state index contributed by atoms with van der Waals surface area (Å²) in [5.41, 5.74) is 0.807. The number of nitrogens with one attached hydrogen (secondary N) is 1. The molecule has 3 rings (SSSR count). The van der Waals surface area contributed by atoms with Crippen molar-refractivity contribution in [2.24, 2.45) is 11.8 Å². The zero-order valence-electron chi connectivity index (χ0n) is 28.4. The second kappa shape index (κ2) is 18.4. The monoisotopic (exact) mass is 663 g/mol. The Balaban J connectivity index is 2.01. The lowest BCUT2D eigenvalue weighted by molar-refractivity contribution is -0.169. The van der Waals surface area contributed by atoms with E-state index < -0.39 is 44.4 Å². The van der Waals surface area contributed by atoms with Crippen LogP contribution in [0.25, 0.3) is 0 Å². The summed E-state index contributed by atoms with van der Waals surface area (Å²) in [7, 11) is -2.96. The van der Waals surface area contributed by atoms with E-state index in [9.17, 15) is 14.4 Å². The van der Waals surface area contributed by atoms with Gasteiger partial charge in [0.25, 0.3) is 8.32 Å². The molecule has 0 heterocycles. The van der Waals surface area contributed by atoms with E-state index in [1.165, 1.54) is 0 Å². The molecule has 10 heteroatoms. The molecule has 0 fully saturated rings. The molecule has 0 saturated heterocycles. The Morgan fingerprint density at radius 1 is 0.702 bits per heavy atom. The predicted octanol–water partition coefficient (Wildman–Crippen LogP) is 5.60. The van der Waals surface area contributed by atoms with Crippen molar-refractivity contribution in [1.82, 2.24) is 5.32 Å². The normalized spacial score (nSPS) is 13.0. The fraction of sp³-hybridized carbons (Fsp3) is 0.432. The van der Waals surface area contributed by atoms with Crippen LogP contribution >= 0.6 is 0 Å². The zero-order valence-corrected chi connectivity index (χ0v) is 29.4. The summed E-state index contributed by atoms with van der Waals surface area (Å²) in [4.78, 5) is 39.9. The zero-order chi connectivity index (χ0) is 34.3. The molecule has 0 aliphatic rings. The number of esters is 2. The van der Waals surface area contributed by atoms with E-state index >= 15 is 0 Å². The van der Waals surface area contributed by atoms with Crippen LogP contribution in [0.1, 0.15) is 53.5 Å². The summed E-state index contributed by atoms with van der Waals surface area (Å²) in [5, 5.41) is 4.64. The van der Waals surface area contributed by atoms with Gasteiger partial charge in [0.2, 0.25) is 0 Å². The van der Waals surface area contributed by atoms with Crippen LogP contribution in [0.15, 0.2) is 91.0 Å². The van der Waals surface area contributed by atoms with Crippen molar-refractivity contribution in [2.75, 3.05) is 26.4 Å². The molecule has 254 valence electrons. The Kier molecular flexibility index (Phi) is 14.6. The molecular formula is C37H49NO8Si. The van der Waals surface area contributed by atoms with Crippen LogP contribution in [-0.2, 0) is 39.6 Å². The Hall–Kier alpha value is -3.99. The number of carbonyl (C=O) groups excluding carboxylic acids is 3. The lowest BCUT2D eigenvalue weighted by Gasteiger charge is -2.43. The van der Waals surface area contributed by atoms with Crippen LogP contribution in [0.5, 0.6) is 0 Å². The second-order valence-electron chi connectivity index (χ2n) is 12.0. The summed E-state index contributed by atoms with van der Waals surface area (Å²) in [6.07, 6.45) is -1.68. The first-order valence-electron chi connectivity index (χ1n) is 16.3. The topological polar surface area (TPSA) is 109 Å². The van der Waals surface area contributed by atoms with Gasteiger partial charge in [-0.05, 0) is 48.2 Å². The molecule has 0 radical (unpaired) electrons. The lowest BCUT2D eigenvalue weighted by Crippen LogP contribution is -2.66. The van der Waals surface area contributed by atoms with Crippen molar-refractivity contribution >= 4 is 36.7 Å². The number of amides is 1. The van der Waals surface area contributed by atoms with Gasteiger partial charge in [-0.15, -0.1) is 0 Å². The van der Waals surface area contributed by atoms with Gasteiger partial charge in [0, 0.05) is 19.1 Å². The van der Waals surface area contributed by atoms with Crippen molar-refractivity contribution in [2.45, 2.75) is 65.8 Å². The molecule has 0 bridgehead atoms. The molecule has 0 spiro atoms. The number of rotatable bonds is 17. The summed E-state index contributed by atoms with van der Waals surface area (Å²) >= 11 is 0. The molecule has 0 aliphatic carbocycles. The largest absolute Gasteiger partial charge is 0.465 e. The minimum absolute atomic E-state index is 0.0341. The average Bonchev–Trinajstić information content (AvgIpc) is 3.06. The van der Waals surface area contributed by atoms with Gasteiger partial charge >= 0.3 is 18.0 Å². The van der Waals surface area contributed by atoms with Gasteiger partial charge in [-0.25, -0.2) is 4.79 Å². The van der Waals surface area contributed by atoms with E-state index in [4.69, 9.17) is 23.4 Å². The second-order valence-corrected chi connectivity index (χ2v) is 16.3. The Morgan fingerprint density at radius 3 is 1.64 bits per heavy atom. The number of hydrogen-bond donors (Lipinski definition) is 1. The van der Waals surface area contributed by atoms with Crippen LogP contribution in [0.2, 0.25) is 5.04 Å². The number of carbonyl (C=O) groups is 3. The standard InChI is InChI=1S/C37H49NO8Si/c1-7-42-33(38-36(41)45-27-28-19-13-10-14-20-28)31(32(34(39)43-8-2)35(40)44-9-3)25-26-46-47(37(4,5)6,29-21-15-11-16-22-29)30-23-17-12-18-24-30/h10-24,31-33H,7-9,25-27H2,1-6H3,(H,38,41). The number of benzene rings is 3. The lowest BCUT2D eigenvalue weighted by atomic mass is 9.87. The maximum absolute atomic E-state index is 13.4. The molecule has 0 aliphatic heterocycles. The average molecular weight is 664 g/mol. The maximum atomic E-state index is 13.4. The Morgan fingerprint density at radius 2 is 1.19 bits per heavy atom. The molecule has 3 aromatic carbocycles. The van der Waals surface area contributed by atoms with Gasteiger partial charge in [0.1, 0.15) is 12.8 Å². The van der Waals surface area contributed by atoms with E-state index in [1.54, 1.807) is 20.8 Å². The minimum atomic E-state index is -2.96. The minimum Gasteiger partial charge on any atom is -0.465 e. The Labute approximate surface area is 280 Å². The third-order valence-electron chi connectivity index (χ3n) is 7.90. The van der Waals surface area contributed by atoms with Crippen molar-refractivity contribution < 1.29 is 37.8 Å². The van der Waals surface area contributed by atoms with Crippen molar-refractivity contribution in [3.8, 4) is 0 Å². The highest BCUT2D eigenvalue weighted by atomic mass is 28.4. The molecule has 2 unspecified atom stereocenters. The number of ether oxygens (including phenoxy) is 4. The summed E-state index contributed by atoms with van der Waals surface area (Å²) in [6, 6.07) is 29.6. The Bertz CT molecular complexity index is 1320. The molecule has 0 aromatic heterocycles. The van der Waals surface area contributed by atoms with Crippen molar-refractivity contribution in [3.05, 3.63) is 96.6 Å². The molecule has 1 amide bonds. The molecule has 0 saturated carbocycles. The molecule has 47 heavy (non-hydrogen) atoms. The van der Waals surface area contributed by atoms with Gasteiger partial charge in [-0.3, -0.25) is 14.9 Å². The summed E-state index contributed by atoms with van der Waals surface area (Å²) in [6.45, 7) is 12.1. The first-order chi connectivity index (χ1) is 22.6. The van der Waals surface area contributed by atoms with Crippen LogP contribution in [0.4, 0.5) is 4.79 Å². The molecule has 3 aromatic rings. The van der Waals surface area contributed by atoms with E-state index in [0.717, 1.165) is 15.9 Å². The smallest absolute Gasteiger partial charge is 0.409 e. The first kappa shape index (κ1) is 37.5. The predicted molar refractivity (Wildman–Crippen MR) is 184 cm³/mol. The van der Waals surface area contributed by atoms with Crippen molar-refractivity contribution in [3.63, 3.8) is 0 Å². The fourth-order valence-corrected chi connectivity index (χ4v) is 10.4. The van der Waals surface area contributed by atoms with E-state index in [-0.39, 0.29) is 44.5 Å². The molecule has 2 atom stereocenters. The van der Waals surface area contributed by atoms with Gasteiger partial charge in [0.05, 0.1) is 13.2 Å². The molecule has 9 nitrogen and oxygen atoms in total. The third kappa shape index (κ3) is 10.00. The highest BCUT2D eigenvalue weighted by Crippen LogP contribution is 2.37. The van der Waals surface area contributed by atoms with E-state index in [1.807, 2.05) is 66.7 Å². The van der Waals surface area contributed by atoms with E-state index in [0.29, 0.717) is 0 Å². The summed E-state index contributed by atoms with van der Waals surface area (Å²) in [5.74, 6) is -3.81.